The van der Waals surface area contributed by atoms with Crippen molar-refractivity contribution in [2.75, 3.05) is 6.54 Å². The van der Waals surface area contributed by atoms with E-state index < -0.39 is 39.8 Å². The normalized spacial score (nSPS) is 27.9. The van der Waals surface area contributed by atoms with Gasteiger partial charge in [-0.2, -0.15) is 13.5 Å². The molecule has 2 heterocycles. The van der Waals surface area contributed by atoms with Crippen LogP contribution in [-0.2, 0) is 24.3 Å². The second-order valence-electron chi connectivity index (χ2n) is 7.59. The molecule has 146 valence electrons. The van der Waals surface area contributed by atoms with Crippen molar-refractivity contribution in [3.8, 4) is 0 Å². The van der Waals surface area contributed by atoms with Crippen LogP contribution in [0.4, 0.5) is 4.79 Å². The van der Waals surface area contributed by atoms with Crippen molar-refractivity contribution in [1.29, 1.82) is 0 Å². The molecule has 3 aliphatic rings. The highest BCUT2D eigenvalue weighted by Gasteiger charge is 2.56. The van der Waals surface area contributed by atoms with Crippen LogP contribution in [0.25, 0.3) is 0 Å². The molecule has 3 fully saturated rings. The topological polar surface area (TPSA) is 145 Å². The smallest absolute Gasteiger partial charge is 0.309 e. The number of nitrogens with zero attached hydrogens (tertiary/aromatic N) is 2. The zero-order valence-corrected chi connectivity index (χ0v) is 15.3. The fraction of sp³-hybridized carbons (Fsp3) is 0.786. The fourth-order valence-corrected chi connectivity index (χ4v) is 3.94. The number of hydroxylamine groups is 2. The summed E-state index contributed by atoms with van der Waals surface area (Å²) in [6, 6.07) is -2.38. The van der Waals surface area contributed by atoms with Crippen molar-refractivity contribution in [3.63, 3.8) is 0 Å². The summed E-state index contributed by atoms with van der Waals surface area (Å²) in [7, 11) is -4.87. The third kappa shape index (κ3) is 3.48. The van der Waals surface area contributed by atoms with Gasteiger partial charge in [0.25, 0.3) is 5.91 Å². The second-order valence-corrected chi connectivity index (χ2v) is 8.60. The molecule has 3 rings (SSSR count). The monoisotopic (exact) mass is 390 g/mol. The van der Waals surface area contributed by atoms with Crippen LogP contribution >= 0.6 is 0 Å². The summed E-state index contributed by atoms with van der Waals surface area (Å²) in [6.07, 6.45) is 2.79. The van der Waals surface area contributed by atoms with Gasteiger partial charge in [-0.1, -0.05) is 20.3 Å². The number of piperidine rings is 1. The van der Waals surface area contributed by atoms with E-state index in [1.54, 1.807) is 13.8 Å². The Kier molecular flexibility index (Phi) is 4.61. The van der Waals surface area contributed by atoms with Gasteiger partial charge < -0.3 is 4.90 Å². The molecule has 3 N–H and O–H groups in total. The number of hydrazine groups is 1. The third-order valence-corrected chi connectivity index (χ3v) is 5.70. The van der Waals surface area contributed by atoms with Crippen molar-refractivity contribution in [3.05, 3.63) is 0 Å². The maximum absolute atomic E-state index is 12.5. The first-order chi connectivity index (χ1) is 12.0. The first-order valence-electron chi connectivity index (χ1n) is 8.36. The van der Waals surface area contributed by atoms with Gasteiger partial charge in [0.05, 0.1) is 6.04 Å². The number of fused-ring (bicyclic) bond motifs is 2. The van der Waals surface area contributed by atoms with Gasteiger partial charge in [0.15, 0.2) is 0 Å². The number of carbonyl (C=O) groups is 3. The molecule has 12 heteroatoms. The number of hydrogen-bond acceptors (Lipinski definition) is 6. The third-order valence-electron chi connectivity index (χ3n) is 5.35. The van der Waals surface area contributed by atoms with Gasteiger partial charge in [-0.05, 0) is 24.7 Å². The molecular weight excluding hydrogens is 368 g/mol. The summed E-state index contributed by atoms with van der Waals surface area (Å²) in [4.78, 5) is 38.0. The van der Waals surface area contributed by atoms with E-state index in [1.165, 1.54) is 4.90 Å². The predicted octanol–water partition coefficient (Wildman–Crippen LogP) is -0.427. The van der Waals surface area contributed by atoms with Crippen LogP contribution in [0.1, 0.15) is 39.5 Å². The molecule has 0 aromatic carbocycles. The lowest BCUT2D eigenvalue weighted by atomic mass is 9.76. The Hall–Kier alpha value is -1.92. The Morgan fingerprint density at radius 1 is 1.23 bits per heavy atom. The Balaban J connectivity index is 1.70. The lowest BCUT2D eigenvalue weighted by Crippen LogP contribution is -2.58. The van der Waals surface area contributed by atoms with E-state index in [-0.39, 0.29) is 24.8 Å². The van der Waals surface area contributed by atoms with E-state index in [9.17, 15) is 22.8 Å². The molecular formula is C14H22N4O7S. The van der Waals surface area contributed by atoms with E-state index in [1.807, 2.05) is 0 Å². The van der Waals surface area contributed by atoms with Gasteiger partial charge in [0.1, 0.15) is 6.04 Å². The number of amides is 4. The number of carbonyl (C=O) groups excluding carboxylic acids is 3. The van der Waals surface area contributed by atoms with Gasteiger partial charge in [-0.3, -0.25) is 25.0 Å². The van der Waals surface area contributed by atoms with Crippen LogP contribution < -0.4 is 10.9 Å². The molecule has 2 bridgehead atoms. The second kappa shape index (κ2) is 6.35. The Morgan fingerprint density at radius 3 is 2.38 bits per heavy atom. The van der Waals surface area contributed by atoms with Crippen LogP contribution in [0.15, 0.2) is 0 Å². The lowest BCUT2D eigenvalue weighted by Gasteiger charge is -2.40. The number of rotatable bonds is 4. The minimum absolute atomic E-state index is 0.0655. The van der Waals surface area contributed by atoms with Gasteiger partial charge in [-0.25, -0.2) is 4.79 Å². The van der Waals surface area contributed by atoms with Gasteiger partial charge in [0.2, 0.25) is 5.91 Å². The SMILES string of the molecule is CC1(C)CC(C(=O)NNC(=O)C2CCC2)N2CC1N(OS(=O)(=O)O)C2=O. The maximum atomic E-state index is 12.5. The molecule has 26 heavy (non-hydrogen) atoms. The zero-order valence-electron chi connectivity index (χ0n) is 14.5. The molecule has 0 spiro atoms. The summed E-state index contributed by atoms with van der Waals surface area (Å²) in [5, 5.41) is 0.593. The summed E-state index contributed by atoms with van der Waals surface area (Å²) >= 11 is 0. The number of nitrogens with one attached hydrogen (secondary N) is 2. The van der Waals surface area contributed by atoms with Crippen molar-refractivity contribution >= 4 is 28.2 Å². The van der Waals surface area contributed by atoms with Crippen LogP contribution in [0.5, 0.6) is 0 Å². The van der Waals surface area contributed by atoms with Crippen molar-refractivity contribution in [2.24, 2.45) is 11.3 Å². The molecule has 11 nitrogen and oxygen atoms in total. The van der Waals surface area contributed by atoms with E-state index >= 15 is 0 Å². The molecule has 1 saturated carbocycles. The number of hydrogen-bond donors (Lipinski definition) is 3. The minimum atomic E-state index is -4.87. The van der Waals surface area contributed by atoms with Crippen LogP contribution in [0.2, 0.25) is 0 Å². The average molecular weight is 390 g/mol. The van der Waals surface area contributed by atoms with E-state index in [2.05, 4.69) is 15.1 Å². The Bertz CT molecular complexity index is 734. The van der Waals surface area contributed by atoms with Gasteiger partial charge in [0, 0.05) is 12.5 Å². The molecule has 0 aromatic rings. The minimum Gasteiger partial charge on any atom is -0.309 e. The molecule has 0 aromatic heterocycles. The quantitative estimate of drug-likeness (QED) is 0.436. The standard InChI is InChI=1S/C14H22N4O7S/c1-14(2)6-9(12(20)16-15-11(19)8-4-3-5-8)17-7-10(14)18(13(17)21)25-26(22,23)24/h8-10H,3-7H2,1-2H3,(H,15,19)(H,16,20)(H,22,23,24). The molecule has 2 unspecified atom stereocenters. The summed E-state index contributed by atoms with van der Waals surface area (Å²) in [5.41, 5.74) is 4.06. The molecule has 1 aliphatic carbocycles. The predicted molar refractivity (Wildman–Crippen MR) is 86.2 cm³/mol. The fourth-order valence-electron chi connectivity index (χ4n) is 3.57. The number of urea groups is 1. The highest BCUT2D eigenvalue weighted by molar-refractivity contribution is 7.80. The van der Waals surface area contributed by atoms with Crippen molar-refractivity contribution in [1.82, 2.24) is 20.8 Å². The molecule has 2 atom stereocenters. The highest BCUT2D eigenvalue weighted by Crippen LogP contribution is 2.42. The zero-order chi connectivity index (χ0) is 19.3. The first kappa shape index (κ1) is 18.9. The maximum Gasteiger partial charge on any atom is 0.418 e. The van der Waals surface area contributed by atoms with E-state index in [0.29, 0.717) is 5.06 Å². The van der Waals surface area contributed by atoms with Crippen molar-refractivity contribution in [2.45, 2.75) is 51.6 Å². The average Bonchev–Trinajstić information content (AvgIpc) is 2.73. The Labute approximate surface area is 150 Å². The van der Waals surface area contributed by atoms with Crippen LogP contribution in [-0.4, -0.2) is 59.4 Å². The first-order valence-corrected chi connectivity index (χ1v) is 9.73. The summed E-state index contributed by atoms with van der Waals surface area (Å²) in [5.74, 6) is -0.928. The summed E-state index contributed by atoms with van der Waals surface area (Å²) in [6.45, 7) is 3.60. The molecule has 0 radical (unpaired) electrons. The molecule has 4 amide bonds. The van der Waals surface area contributed by atoms with Crippen molar-refractivity contribution < 1.29 is 31.6 Å². The van der Waals surface area contributed by atoms with Crippen LogP contribution in [0.3, 0.4) is 0 Å². The molecule has 2 saturated heterocycles. The summed E-state index contributed by atoms with van der Waals surface area (Å²) < 4.78 is 35.3. The highest BCUT2D eigenvalue weighted by atomic mass is 32.3. The van der Waals surface area contributed by atoms with Crippen LogP contribution in [0, 0.1) is 11.3 Å². The van der Waals surface area contributed by atoms with Gasteiger partial charge >= 0.3 is 16.4 Å². The molecule has 2 aliphatic heterocycles. The lowest BCUT2D eigenvalue weighted by molar-refractivity contribution is -0.135. The largest absolute Gasteiger partial charge is 0.418 e. The van der Waals surface area contributed by atoms with E-state index in [0.717, 1.165) is 19.3 Å². The van der Waals surface area contributed by atoms with E-state index in [4.69, 9.17) is 4.55 Å². The van der Waals surface area contributed by atoms with Gasteiger partial charge in [-0.15, -0.1) is 4.28 Å². The Morgan fingerprint density at radius 2 is 1.85 bits per heavy atom.